The molecule has 0 unspecified atom stereocenters. The minimum Gasteiger partial charge on any atom is -0.466 e. The normalized spacial score (nSPS) is 12.0. The van der Waals surface area contributed by atoms with E-state index < -0.39 is 0 Å². The molecule has 0 atom stereocenters. The summed E-state index contributed by atoms with van der Waals surface area (Å²) in [5.74, 6) is 5.08. The third-order valence-electron chi connectivity index (χ3n) is 1.37. The van der Waals surface area contributed by atoms with Crippen LogP contribution in [0.15, 0.2) is 10.2 Å². The number of ether oxygens (including phenoxy) is 1. The first kappa shape index (κ1) is 12.4. The molecule has 0 spiro atoms. The average molecular weight is 252 g/mol. The Hall–Kier alpha value is -0.550. The molecule has 0 amide bonds. The van der Waals surface area contributed by atoms with Crippen molar-refractivity contribution in [1.29, 1.82) is 0 Å². The molecule has 0 aromatic carbocycles. The summed E-state index contributed by atoms with van der Waals surface area (Å²) < 4.78 is 5.52. The second-order valence-electron chi connectivity index (χ2n) is 2.28. The van der Waals surface area contributed by atoms with Crippen LogP contribution in [-0.2, 0) is 14.4 Å². The Bertz CT molecular complexity index is 204. The summed E-state index contributed by atoms with van der Waals surface area (Å²) in [5.41, 5.74) is 0. The summed E-state index contributed by atoms with van der Waals surface area (Å²) in [5, 5.41) is 0. The largest absolute Gasteiger partial charge is 0.466 e. The van der Waals surface area contributed by atoms with Gasteiger partial charge in [0, 0.05) is 4.48 Å². The van der Waals surface area contributed by atoms with Gasteiger partial charge in [-0.3, -0.25) is 4.79 Å². The molecule has 76 valence electrons. The van der Waals surface area contributed by atoms with Crippen LogP contribution in [-0.4, -0.2) is 12.6 Å². The lowest BCUT2D eigenvalue weighted by atomic mass is 10.3. The molecule has 0 saturated heterocycles. The van der Waals surface area contributed by atoms with E-state index in [2.05, 4.69) is 20.8 Å². The maximum Gasteiger partial charge on any atom is 0.313 e. The Kier molecular flexibility index (Phi) is 6.62. The molecule has 0 saturated carbocycles. The van der Waals surface area contributed by atoms with E-state index >= 15 is 0 Å². The Morgan fingerprint density at radius 2 is 2.08 bits per heavy atom. The van der Waals surface area contributed by atoms with Gasteiger partial charge in [-0.2, -0.15) is 5.90 Å². The Labute approximate surface area is 86.2 Å². The molecule has 0 fully saturated rings. The van der Waals surface area contributed by atoms with Crippen molar-refractivity contribution in [2.75, 3.05) is 6.61 Å². The standard InChI is InChI=1S/C8H14BrNO3/c1-3-6(9)7(13-10)5-8(11)12-4-2/h3-5,10H2,1-2H3. The van der Waals surface area contributed by atoms with Crippen molar-refractivity contribution in [2.45, 2.75) is 26.7 Å². The fourth-order valence-electron chi connectivity index (χ4n) is 0.742. The molecule has 4 nitrogen and oxygen atoms in total. The number of hydrogen-bond acceptors (Lipinski definition) is 4. The monoisotopic (exact) mass is 251 g/mol. The summed E-state index contributed by atoms with van der Waals surface area (Å²) in [4.78, 5) is 15.6. The zero-order valence-electron chi connectivity index (χ0n) is 7.80. The van der Waals surface area contributed by atoms with Crippen LogP contribution in [0, 0.1) is 0 Å². The summed E-state index contributed by atoms with van der Waals surface area (Å²) in [6.45, 7) is 4.04. The van der Waals surface area contributed by atoms with E-state index in [1.54, 1.807) is 6.92 Å². The van der Waals surface area contributed by atoms with E-state index in [0.717, 1.165) is 10.9 Å². The molecule has 0 bridgehead atoms. The average Bonchev–Trinajstić information content (AvgIpc) is 2.13. The van der Waals surface area contributed by atoms with Gasteiger partial charge < -0.3 is 9.57 Å². The highest BCUT2D eigenvalue weighted by Crippen LogP contribution is 2.18. The molecule has 2 N–H and O–H groups in total. The van der Waals surface area contributed by atoms with Crippen molar-refractivity contribution in [3.63, 3.8) is 0 Å². The summed E-state index contributed by atoms with van der Waals surface area (Å²) >= 11 is 3.25. The van der Waals surface area contributed by atoms with Crippen molar-refractivity contribution in [1.82, 2.24) is 0 Å². The molecule has 13 heavy (non-hydrogen) atoms. The summed E-state index contributed by atoms with van der Waals surface area (Å²) in [6.07, 6.45) is 0.796. The first-order chi connectivity index (χ1) is 6.15. The molecular formula is C8H14BrNO3. The smallest absolute Gasteiger partial charge is 0.313 e. The topological polar surface area (TPSA) is 61.5 Å². The highest BCUT2D eigenvalue weighted by atomic mass is 79.9. The van der Waals surface area contributed by atoms with Crippen LogP contribution in [0.2, 0.25) is 0 Å². The molecule has 0 heterocycles. The van der Waals surface area contributed by atoms with Gasteiger partial charge in [-0.1, -0.05) is 22.9 Å². The number of nitrogens with two attached hydrogens (primary N) is 1. The predicted octanol–water partition coefficient (Wildman–Crippen LogP) is 1.85. The van der Waals surface area contributed by atoms with E-state index in [4.69, 9.17) is 10.6 Å². The zero-order valence-corrected chi connectivity index (χ0v) is 9.39. The zero-order chi connectivity index (χ0) is 10.3. The van der Waals surface area contributed by atoms with Crippen LogP contribution in [0.4, 0.5) is 0 Å². The van der Waals surface area contributed by atoms with E-state index in [9.17, 15) is 4.79 Å². The van der Waals surface area contributed by atoms with Gasteiger partial charge in [0.25, 0.3) is 0 Å². The number of esters is 1. The quantitative estimate of drug-likeness (QED) is 0.460. The summed E-state index contributed by atoms with van der Waals surface area (Å²) in [6, 6.07) is 0. The second-order valence-corrected chi connectivity index (χ2v) is 3.24. The minimum absolute atomic E-state index is 0.0682. The number of carbonyl (C=O) groups is 1. The fraction of sp³-hybridized carbons (Fsp3) is 0.625. The third-order valence-corrected chi connectivity index (χ3v) is 2.37. The highest BCUT2D eigenvalue weighted by Gasteiger charge is 2.10. The van der Waals surface area contributed by atoms with Crippen molar-refractivity contribution < 1.29 is 14.4 Å². The van der Waals surface area contributed by atoms with Gasteiger partial charge in [0.05, 0.1) is 6.61 Å². The molecule has 0 aromatic heterocycles. The Morgan fingerprint density at radius 3 is 2.46 bits per heavy atom. The number of rotatable bonds is 5. The molecule has 0 aliphatic carbocycles. The molecular weight excluding hydrogens is 238 g/mol. The summed E-state index contributed by atoms with van der Waals surface area (Å²) in [7, 11) is 0. The second kappa shape index (κ2) is 6.91. The van der Waals surface area contributed by atoms with Crippen LogP contribution in [0.25, 0.3) is 0 Å². The van der Waals surface area contributed by atoms with E-state index in [-0.39, 0.29) is 12.4 Å². The van der Waals surface area contributed by atoms with Crippen LogP contribution in [0.3, 0.4) is 0 Å². The number of halogens is 1. The molecule has 0 aliphatic rings. The predicted molar refractivity (Wildman–Crippen MR) is 52.8 cm³/mol. The molecule has 0 aromatic rings. The number of hydrogen-bond donors (Lipinski definition) is 1. The van der Waals surface area contributed by atoms with Gasteiger partial charge >= 0.3 is 5.97 Å². The SMILES string of the molecule is CCOC(=O)CC(ON)=C(Br)CC. The van der Waals surface area contributed by atoms with Gasteiger partial charge in [0.2, 0.25) is 0 Å². The number of allylic oxidation sites excluding steroid dienone is 1. The van der Waals surface area contributed by atoms with Gasteiger partial charge in [-0.15, -0.1) is 0 Å². The molecule has 0 radical (unpaired) electrons. The molecule has 5 heteroatoms. The highest BCUT2D eigenvalue weighted by molar-refractivity contribution is 9.11. The molecule has 0 rings (SSSR count). The van der Waals surface area contributed by atoms with Crippen molar-refractivity contribution in [3.05, 3.63) is 10.2 Å². The van der Waals surface area contributed by atoms with Gasteiger partial charge in [0.1, 0.15) is 12.2 Å². The lowest BCUT2D eigenvalue weighted by molar-refractivity contribution is -0.143. The number of carbonyl (C=O) groups excluding carboxylic acids is 1. The Balaban J connectivity index is 4.21. The molecule has 0 aliphatic heterocycles. The van der Waals surface area contributed by atoms with E-state index in [1.165, 1.54) is 0 Å². The first-order valence-electron chi connectivity index (χ1n) is 4.05. The lowest BCUT2D eigenvalue weighted by Crippen LogP contribution is -2.10. The van der Waals surface area contributed by atoms with Gasteiger partial charge in [0.15, 0.2) is 0 Å². The Morgan fingerprint density at radius 1 is 1.46 bits per heavy atom. The van der Waals surface area contributed by atoms with Crippen LogP contribution in [0.1, 0.15) is 26.7 Å². The third kappa shape index (κ3) is 4.90. The van der Waals surface area contributed by atoms with Gasteiger partial charge in [-0.05, 0) is 13.3 Å². The van der Waals surface area contributed by atoms with E-state index in [0.29, 0.717) is 12.4 Å². The first-order valence-corrected chi connectivity index (χ1v) is 4.84. The maximum atomic E-state index is 11.0. The fourth-order valence-corrected chi connectivity index (χ4v) is 0.975. The van der Waals surface area contributed by atoms with Crippen LogP contribution in [0.5, 0.6) is 0 Å². The van der Waals surface area contributed by atoms with Crippen LogP contribution >= 0.6 is 15.9 Å². The van der Waals surface area contributed by atoms with Crippen molar-refractivity contribution >= 4 is 21.9 Å². The van der Waals surface area contributed by atoms with Crippen molar-refractivity contribution in [3.8, 4) is 0 Å². The minimum atomic E-state index is -0.339. The lowest BCUT2D eigenvalue weighted by Gasteiger charge is -2.06. The van der Waals surface area contributed by atoms with Crippen LogP contribution < -0.4 is 5.90 Å². The maximum absolute atomic E-state index is 11.0. The van der Waals surface area contributed by atoms with E-state index in [1.807, 2.05) is 6.92 Å². The van der Waals surface area contributed by atoms with Crippen molar-refractivity contribution in [2.24, 2.45) is 5.90 Å². The van der Waals surface area contributed by atoms with Gasteiger partial charge in [-0.25, -0.2) is 0 Å².